The number of nitriles is 1. The fraction of sp³-hybridized carbons (Fsp3) is 0.350. The van der Waals surface area contributed by atoms with Crippen molar-refractivity contribution < 1.29 is 4.79 Å². The van der Waals surface area contributed by atoms with E-state index in [9.17, 15) is 4.79 Å². The Hall–Kier alpha value is -2.85. The van der Waals surface area contributed by atoms with Crippen molar-refractivity contribution in [3.8, 4) is 5.97 Å². The van der Waals surface area contributed by atoms with Crippen molar-refractivity contribution in [3.05, 3.63) is 53.9 Å². The summed E-state index contributed by atoms with van der Waals surface area (Å²) in [5.74, 6) is 2.37. The summed E-state index contributed by atoms with van der Waals surface area (Å²) in [6.45, 7) is 5.08. The number of benzene rings is 1. The molecule has 0 atom stereocenters. The van der Waals surface area contributed by atoms with Gasteiger partial charge in [0, 0.05) is 23.9 Å². The smallest absolute Gasteiger partial charge is 0.308 e. The Balaban J connectivity index is 1.49. The number of carbonyl (C=O) groups excluding carboxylic acids is 1. The Kier molecular flexibility index (Phi) is 6.45. The Morgan fingerprint density at radius 2 is 2.00 bits per heavy atom. The Bertz CT molecular complexity index is 810. The normalized spacial score (nSPS) is 14.4. The minimum atomic E-state index is -0.281. The number of nitrogens with zero attached hydrogens (tertiary/aromatic N) is 3. The number of pyridine rings is 1. The molecular formula is C20H24BN5O. The second kappa shape index (κ2) is 9.20. The number of carbonyl (C=O) groups is 1. The fourth-order valence-electron chi connectivity index (χ4n) is 3.21. The molecule has 0 bridgehead atoms. The van der Waals surface area contributed by atoms with Crippen LogP contribution in [-0.4, -0.2) is 42.3 Å². The molecular weight excluding hydrogens is 337 g/mol. The van der Waals surface area contributed by atoms with Gasteiger partial charge in [0.2, 0.25) is 0 Å². The molecule has 1 saturated heterocycles. The first-order valence-corrected chi connectivity index (χ1v) is 9.34. The number of hydrogen-bond donors (Lipinski definition) is 2. The number of urea groups is 1. The molecule has 0 unspecified atom stereocenters. The molecule has 6 nitrogen and oxygen atoms in total. The van der Waals surface area contributed by atoms with E-state index in [1.807, 2.05) is 37.3 Å². The van der Waals surface area contributed by atoms with Crippen LogP contribution in [0.25, 0.3) is 0 Å². The lowest BCUT2D eigenvalue weighted by Gasteiger charge is -2.27. The van der Waals surface area contributed by atoms with Gasteiger partial charge in [-0.1, -0.05) is 12.1 Å². The van der Waals surface area contributed by atoms with Gasteiger partial charge in [-0.05, 0) is 68.9 Å². The van der Waals surface area contributed by atoms with Crippen molar-refractivity contribution in [2.24, 2.45) is 0 Å². The third-order valence-corrected chi connectivity index (χ3v) is 4.84. The molecule has 0 radical (unpaired) electrons. The van der Waals surface area contributed by atoms with E-state index in [-0.39, 0.29) is 12.7 Å². The lowest BCUT2D eigenvalue weighted by molar-refractivity contribution is 0.262. The van der Waals surface area contributed by atoms with Gasteiger partial charge in [0.15, 0.2) is 0 Å². The monoisotopic (exact) mass is 361 g/mol. The van der Waals surface area contributed by atoms with E-state index in [2.05, 4.69) is 32.6 Å². The highest BCUT2D eigenvalue weighted by Gasteiger charge is 2.21. The highest BCUT2D eigenvalue weighted by molar-refractivity contribution is 6.67. The van der Waals surface area contributed by atoms with E-state index in [4.69, 9.17) is 5.26 Å². The maximum Gasteiger partial charge on any atom is 0.323 e. The van der Waals surface area contributed by atoms with E-state index in [0.29, 0.717) is 5.69 Å². The predicted molar refractivity (Wildman–Crippen MR) is 109 cm³/mol. The van der Waals surface area contributed by atoms with Crippen molar-refractivity contribution in [3.63, 3.8) is 0 Å². The van der Waals surface area contributed by atoms with E-state index in [1.54, 1.807) is 6.20 Å². The molecule has 0 aliphatic carbocycles. The van der Waals surface area contributed by atoms with Crippen LogP contribution in [0.15, 0.2) is 42.6 Å². The first-order valence-electron chi connectivity index (χ1n) is 9.34. The van der Waals surface area contributed by atoms with Crippen LogP contribution >= 0.6 is 0 Å². The minimum absolute atomic E-state index is 0.219. The van der Waals surface area contributed by atoms with Gasteiger partial charge in [-0.25, -0.2) is 10.1 Å². The fourth-order valence-corrected chi connectivity index (χ4v) is 3.21. The second-order valence-corrected chi connectivity index (χ2v) is 6.96. The third-order valence-electron chi connectivity index (χ3n) is 4.84. The van der Waals surface area contributed by atoms with Gasteiger partial charge in [-0.3, -0.25) is 4.98 Å². The summed E-state index contributed by atoms with van der Waals surface area (Å²) in [4.78, 5) is 18.7. The quantitative estimate of drug-likeness (QED) is 0.800. The van der Waals surface area contributed by atoms with Crippen LogP contribution in [0.1, 0.15) is 11.3 Å². The molecule has 2 heterocycles. The molecule has 2 N–H and O–H groups in total. The Morgan fingerprint density at radius 3 is 2.70 bits per heavy atom. The molecule has 2 aromatic rings. The first kappa shape index (κ1) is 18.9. The maximum atomic E-state index is 12.2. The molecule has 2 amide bonds. The van der Waals surface area contributed by atoms with Crippen LogP contribution in [0.3, 0.4) is 0 Å². The van der Waals surface area contributed by atoms with E-state index < -0.39 is 0 Å². The number of rotatable bonds is 5. The highest BCUT2D eigenvalue weighted by Crippen LogP contribution is 2.15. The SMILES string of the molecule is Cc1ccc(NC(=O)Nc2cccc(CCN3CCB(C#N)CC3)c2)cn1. The summed E-state index contributed by atoms with van der Waals surface area (Å²) in [5.41, 5.74) is 3.53. The van der Waals surface area contributed by atoms with Crippen LogP contribution < -0.4 is 10.6 Å². The zero-order valence-corrected chi connectivity index (χ0v) is 15.6. The van der Waals surface area contributed by atoms with Gasteiger partial charge < -0.3 is 15.5 Å². The summed E-state index contributed by atoms with van der Waals surface area (Å²) in [6, 6.07) is 11.3. The Labute approximate surface area is 160 Å². The number of anilines is 2. The average molecular weight is 361 g/mol. The maximum absolute atomic E-state index is 12.2. The predicted octanol–water partition coefficient (Wildman–Crippen LogP) is 3.45. The number of aromatic nitrogens is 1. The van der Waals surface area contributed by atoms with Crippen molar-refractivity contribution >= 4 is 24.1 Å². The molecule has 27 heavy (non-hydrogen) atoms. The summed E-state index contributed by atoms with van der Waals surface area (Å²) in [7, 11) is 0. The molecule has 1 aliphatic heterocycles. The largest absolute Gasteiger partial charge is 0.323 e. The van der Waals surface area contributed by atoms with Crippen molar-refractivity contribution in [1.82, 2.24) is 9.88 Å². The van der Waals surface area contributed by atoms with Gasteiger partial charge in [-0.2, -0.15) is 0 Å². The van der Waals surface area contributed by atoms with Gasteiger partial charge >= 0.3 is 6.03 Å². The molecule has 0 saturated carbocycles. The minimum Gasteiger partial charge on any atom is -0.308 e. The first-order chi connectivity index (χ1) is 13.1. The number of hydrogen-bond acceptors (Lipinski definition) is 4. The second-order valence-electron chi connectivity index (χ2n) is 6.96. The summed E-state index contributed by atoms with van der Waals surface area (Å²) >= 11 is 0. The zero-order chi connectivity index (χ0) is 19.1. The van der Waals surface area contributed by atoms with Gasteiger partial charge in [-0.15, -0.1) is 0 Å². The molecule has 138 valence electrons. The van der Waals surface area contributed by atoms with Crippen molar-refractivity contribution in [1.29, 1.82) is 5.26 Å². The van der Waals surface area contributed by atoms with Crippen LogP contribution in [0.4, 0.5) is 16.2 Å². The van der Waals surface area contributed by atoms with Crippen LogP contribution in [0, 0.1) is 18.2 Å². The van der Waals surface area contributed by atoms with Gasteiger partial charge in [0.1, 0.15) is 0 Å². The topological polar surface area (TPSA) is 81.0 Å². The number of nitrogens with one attached hydrogen (secondary N) is 2. The van der Waals surface area contributed by atoms with Crippen LogP contribution in [0.2, 0.25) is 12.6 Å². The van der Waals surface area contributed by atoms with Crippen molar-refractivity contribution in [2.45, 2.75) is 26.0 Å². The Morgan fingerprint density at radius 1 is 1.22 bits per heavy atom. The molecule has 7 heteroatoms. The van der Waals surface area contributed by atoms with E-state index >= 15 is 0 Å². The number of amides is 2. The van der Waals surface area contributed by atoms with Crippen molar-refractivity contribution in [2.75, 3.05) is 30.3 Å². The van der Waals surface area contributed by atoms with Crippen LogP contribution in [0.5, 0.6) is 0 Å². The standard InChI is InChI=1S/C20H24BN5O/c1-16-5-6-19(14-23-16)25-20(27)24-18-4-2-3-17(13-18)7-10-26-11-8-21(15-22)9-12-26/h2-6,13-14H,7-12H2,1H3,(H2,24,25,27). The van der Waals surface area contributed by atoms with E-state index in [0.717, 1.165) is 50.1 Å². The zero-order valence-electron chi connectivity index (χ0n) is 15.6. The average Bonchev–Trinajstić information content (AvgIpc) is 2.69. The summed E-state index contributed by atoms with van der Waals surface area (Å²) in [6.07, 6.45) is 4.50. The molecule has 1 fully saturated rings. The number of aryl methyl sites for hydroxylation is 1. The van der Waals surface area contributed by atoms with Gasteiger partial charge in [0.05, 0.1) is 11.9 Å². The molecule has 0 spiro atoms. The molecule has 1 aromatic heterocycles. The van der Waals surface area contributed by atoms with Gasteiger partial charge in [0.25, 0.3) is 6.71 Å². The summed E-state index contributed by atoms with van der Waals surface area (Å²) < 4.78 is 0. The van der Waals surface area contributed by atoms with E-state index in [1.165, 1.54) is 5.56 Å². The lowest BCUT2D eigenvalue weighted by atomic mass is 9.45. The highest BCUT2D eigenvalue weighted by atomic mass is 16.2. The molecule has 3 rings (SSSR count). The lowest BCUT2D eigenvalue weighted by Crippen LogP contribution is -2.37. The molecule has 1 aliphatic rings. The van der Waals surface area contributed by atoms with Crippen LogP contribution in [-0.2, 0) is 6.42 Å². The molecule has 1 aromatic carbocycles. The summed E-state index contributed by atoms with van der Waals surface area (Å²) in [5, 5.41) is 14.6. The third kappa shape index (κ3) is 5.83.